The smallest absolute Gasteiger partial charge is 0.185 e. The van der Waals surface area contributed by atoms with Crippen molar-refractivity contribution in [3.8, 4) is 0 Å². The molecule has 0 saturated carbocycles. The number of hydrogen-bond acceptors (Lipinski definition) is 6. The third kappa shape index (κ3) is 2.77. The molecule has 26 heavy (non-hydrogen) atoms. The van der Waals surface area contributed by atoms with Crippen LogP contribution in [-0.4, -0.2) is 64.5 Å². The van der Waals surface area contributed by atoms with Crippen molar-refractivity contribution in [3.05, 3.63) is 28.8 Å². The second-order valence-corrected chi connectivity index (χ2v) is 9.11. The second-order valence-electron chi connectivity index (χ2n) is 8.01. The number of imidazole rings is 1. The zero-order valence-electron chi connectivity index (χ0n) is 15.6. The van der Waals surface area contributed by atoms with Crippen LogP contribution in [0, 0.1) is 0 Å². The zero-order valence-corrected chi connectivity index (χ0v) is 16.4. The zero-order chi connectivity index (χ0) is 17.6. The van der Waals surface area contributed by atoms with E-state index in [1.54, 1.807) is 0 Å². The van der Waals surface area contributed by atoms with E-state index in [1.807, 2.05) is 17.7 Å². The average molecular weight is 373 g/mol. The molecule has 2 aromatic rings. The molecule has 0 aromatic carbocycles. The minimum absolute atomic E-state index is 0.137. The van der Waals surface area contributed by atoms with Crippen molar-refractivity contribution in [1.29, 1.82) is 0 Å². The highest BCUT2D eigenvalue weighted by Gasteiger charge is 2.44. The summed E-state index contributed by atoms with van der Waals surface area (Å²) in [4.78, 5) is 21.7. The Morgan fingerprint density at radius 2 is 1.92 bits per heavy atom. The number of likely N-dealkylation sites (N-methyl/N-ethyl adjacent to an activating group) is 1. The molecular weight excluding hydrogens is 344 g/mol. The lowest BCUT2D eigenvalue weighted by Crippen LogP contribution is -2.54. The summed E-state index contributed by atoms with van der Waals surface area (Å²) in [6.45, 7) is 6.79. The van der Waals surface area contributed by atoms with Gasteiger partial charge in [0, 0.05) is 62.5 Å². The summed E-state index contributed by atoms with van der Waals surface area (Å²) in [5.74, 6) is 0. The van der Waals surface area contributed by atoms with E-state index in [0.717, 1.165) is 32.6 Å². The Morgan fingerprint density at radius 3 is 2.73 bits per heavy atom. The van der Waals surface area contributed by atoms with Crippen LogP contribution in [0.3, 0.4) is 0 Å². The number of anilines is 1. The van der Waals surface area contributed by atoms with E-state index in [-0.39, 0.29) is 5.54 Å². The number of rotatable bonds is 3. The maximum atomic E-state index is 4.71. The molecule has 0 radical (unpaired) electrons. The van der Waals surface area contributed by atoms with E-state index in [4.69, 9.17) is 4.98 Å². The summed E-state index contributed by atoms with van der Waals surface area (Å²) >= 11 is 1.89. The Kier molecular flexibility index (Phi) is 4.26. The highest BCUT2D eigenvalue weighted by atomic mass is 32.1. The second kappa shape index (κ2) is 6.62. The van der Waals surface area contributed by atoms with E-state index in [2.05, 4.69) is 37.9 Å². The molecule has 3 aliphatic heterocycles. The molecule has 5 heterocycles. The van der Waals surface area contributed by atoms with Crippen molar-refractivity contribution in [2.45, 2.75) is 44.2 Å². The number of hydrogen-bond donors (Lipinski definition) is 1. The largest absolute Gasteiger partial charge is 0.348 e. The van der Waals surface area contributed by atoms with Crippen LogP contribution in [0.1, 0.15) is 41.9 Å². The topological polar surface area (TPSA) is 51.3 Å². The Labute approximate surface area is 159 Å². The number of piperidine rings is 1. The van der Waals surface area contributed by atoms with Crippen LogP contribution in [0.2, 0.25) is 0 Å². The predicted molar refractivity (Wildman–Crippen MR) is 105 cm³/mol. The fraction of sp³-hybridized carbons (Fsp3) is 0.684. The van der Waals surface area contributed by atoms with Crippen molar-refractivity contribution < 1.29 is 0 Å². The van der Waals surface area contributed by atoms with Crippen LogP contribution in [0.5, 0.6) is 0 Å². The Bertz CT molecular complexity index is 754. The van der Waals surface area contributed by atoms with Gasteiger partial charge in [-0.25, -0.2) is 9.97 Å². The monoisotopic (exact) mass is 372 g/mol. The van der Waals surface area contributed by atoms with Gasteiger partial charge >= 0.3 is 0 Å². The fourth-order valence-electron chi connectivity index (χ4n) is 4.93. The fourth-order valence-corrected chi connectivity index (χ4v) is 5.94. The van der Waals surface area contributed by atoms with E-state index in [0.29, 0.717) is 0 Å². The first kappa shape index (κ1) is 16.7. The molecule has 2 aromatic heterocycles. The lowest BCUT2D eigenvalue weighted by Gasteiger charge is -2.49. The van der Waals surface area contributed by atoms with Crippen LogP contribution in [0.25, 0.3) is 0 Å². The van der Waals surface area contributed by atoms with E-state index in [9.17, 15) is 0 Å². The molecule has 7 heteroatoms. The van der Waals surface area contributed by atoms with Gasteiger partial charge in [-0.3, -0.25) is 9.80 Å². The number of nitrogens with one attached hydrogen (secondary N) is 1. The minimum atomic E-state index is 0.137. The SMILES string of the molecule is CN1CCc2[nH]cnc2C12CCN(Cc1cnc(N3CCCC3)s1)CC2. The molecular formula is C19H28N6S. The summed E-state index contributed by atoms with van der Waals surface area (Å²) in [6, 6.07) is 0. The van der Waals surface area contributed by atoms with Gasteiger partial charge in [0.2, 0.25) is 0 Å². The first-order chi connectivity index (χ1) is 12.7. The number of nitrogens with zero attached hydrogens (tertiary/aromatic N) is 5. The van der Waals surface area contributed by atoms with Gasteiger partial charge in [0.25, 0.3) is 0 Å². The number of thiazole rings is 1. The normalized spacial score (nSPS) is 23.7. The summed E-state index contributed by atoms with van der Waals surface area (Å²) in [5, 5.41) is 1.22. The molecule has 6 nitrogen and oxygen atoms in total. The Balaban J connectivity index is 1.25. The van der Waals surface area contributed by atoms with E-state index in [1.165, 1.54) is 60.2 Å². The number of aromatic amines is 1. The maximum Gasteiger partial charge on any atom is 0.185 e. The van der Waals surface area contributed by atoms with Gasteiger partial charge < -0.3 is 9.88 Å². The molecule has 3 aliphatic rings. The summed E-state index contributed by atoms with van der Waals surface area (Å²) in [5.41, 5.74) is 2.80. The average Bonchev–Trinajstić information content (AvgIpc) is 3.40. The molecule has 140 valence electrons. The Morgan fingerprint density at radius 1 is 1.12 bits per heavy atom. The summed E-state index contributed by atoms with van der Waals surface area (Å²) in [6.07, 6.45) is 10.0. The van der Waals surface area contributed by atoms with Gasteiger partial charge in [-0.2, -0.15) is 0 Å². The van der Waals surface area contributed by atoms with Crippen LogP contribution in [-0.2, 0) is 18.5 Å². The molecule has 2 fully saturated rings. The molecule has 0 atom stereocenters. The van der Waals surface area contributed by atoms with Crippen molar-refractivity contribution >= 4 is 16.5 Å². The summed E-state index contributed by atoms with van der Waals surface area (Å²) in [7, 11) is 2.28. The molecule has 0 amide bonds. The third-order valence-electron chi connectivity index (χ3n) is 6.57. The number of H-pyrrole nitrogens is 1. The van der Waals surface area contributed by atoms with Crippen LogP contribution < -0.4 is 4.90 Å². The first-order valence-electron chi connectivity index (χ1n) is 9.91. The van der Waals surface area contributed by atoms with Crippen LogP contribution in [0.4, 0.5) is 5.13 Å². The van der Waals surface area contributed by atoms with E-state index < -0.39 is 0 Å². The molecule has 1 spiro atoms. The van der Waals surface area contributed by atoms with Gasteiger partial charge in [0.15, 0.2) is 5.13 Å². The van der Waals surface area contributed by atoms with Crippen molar-refractivity contribution in [2.75, 3.05) is 44.7 Å². The summed E-state index contributed by atoms with van der Waals surface area (Å²) < 4.78 is 0. The van der Waals surface area contributed by atoms with Crippen LogP contribution in [0.15, 0.2) is 12.5 Å². The van der Waals surface area contributed by atoms with Gasteiger partial charge in [-0.15, -0.1) is 11.3 Å². The molecule has 2 saturated heterocycles. The minimum Gasteiger partial charge on any atom is -0.348 e. The van der Waals surface area contributed by atoms with Gasteiger partial charge in [0.05, 0.1) is 17.6 Å². The number of aromatic nitrogens is 3. The molecule has 0 unspecified atom stereocenters. The lowest BCUT2D eigenvalue weighted by molar-refractivity contribution is 0.0224. The maximum absolute atomic E-state index is 4.71. The predicted octanol–water partition coefficient (Wildman–Crippen LogP) is 2.45. The molecule has 0 aliphatic carbocycles. The lowest BCUT2D eigenvalue weighted by atomic mass is 9.79. The molecule has 0 bridgehead atoms. The van der Waals surface area contributed by atoms with Crippen LogP contribution >= 0.6 is 11.3 Å². The van der Waals surface area contributed by atoms with Gasteiger partial charge in [-0.1, -0.05) is 0 Å². The van der Waals surface area contributed by atoms with E-state index >= 15 is 0 Å². The highest BCUT2D eigenvalue weighted by molar-refractivity contribution is 7.15. The molecule has 1 N–H and O–H groups in total. The van der Waals surface area contributed by atoms with Gasteiger partial charge in [-0.05, 0) is 32.7 Å². The first-order valence-corrected chi connectivity index (χ1v) is 10.7. The Hall–Kier alpha value is -1.44. The van der Waals surface area contributed by atoms with Crippen molar-refractivity contribution in [1.82, 2.24) is 24.8 Å². The third-order valence-corrected chi connectivity index (χ3v) is 7.61. The highest BCUT2D eigenvalue weighted by Crippen LogP contribution is 2.41. The number of fused-ring (bicyclic) bond motifs is 2. The van der Waals surface area contributed by atoms with Crippen molar-refractivity contribution in [3.63, 3.8) is 0 Å². The quantitative estimate of drug-likeness (QED) is 0.897. The van der Waals surface area contributed by atoms with Gasteiger partial charge in [0.1, 0.15) is 0 Å². The van der Waals surface area contributed by atoms with Crippen molar-refractivity contribution in [2.24, 2.45) is 0 Å². The number of likely N-dealkylation sites (tertiary alicyclic amines) is 1. The molecule has 5 rings (SSSR count). The standard InChI is InChI=1S/C19H28N6S/c1-23-9-4-16-17(22-14-21-16)19(23)5-10-24(11-6-19)13-15-12-20-18(26-15)25-7-2-3-8-25/h12,14H,2-11,13H2,1H3,(H,21,22).